The van der Waals surface area contributed by atoms with Crippen molar-refractivity contribution in [3.05, 3.63) is 106 Å². The third-order valence-electron chi connectivity index (χ3n) is 10.00. The Morgan fingerprint density at radius 1 is 1.02 bits per heavy atom. The molecule has 7 rings (SSSR count). The fraction of sp³-hybridized carbons (Fsp3) is 0.390. The number of anilines is 1. The van der Waals surface area contributed by atoms with Crippen LogP contribution < -0.4 is 48.2 Å². The average Bonchev–Trinajstić information content (AvgIpc) is 3.77. The zero-order valence-corrected chi connectivity index (χ0v) is 35.3. The molecule has 1 unspecified atom stereocenters. The Kier molecular flexibility index (Phi) is 13.3. The van der Waals surface area contributed by atoms with E-state index in [0.29, 0.717) is 25.5 Å². The maximum atomic E-state index is 14.3. The second-order valence-electron chi connectivity index (χ2n) is 13.2. The number of aryl methyl sites for hydroxylation is 1. The number of halogens is 2. The van der Waals surface area contributed by atoms with Gasteiger partial charge < -0.3 is 33.6 Å². The van der Waals surface area contributed by atoms with Crippen molar-refractivity contribution in [1.82, 2.24) is 4.57 Å². The molecular weight excluding hydrogens is 841 g/mol. The Balaban J connectivity index is 0.00000464. The average molecular weight is 886 g/mol. The lowest BCUT2D eigenvalue weighted by atomic mass is 9.77. The van der Waals surface area contributed by atoms with Gasteiger partial charge in [-0.2, -0.15) is 4.57 Å². The van der Waals surface area contributed by atoms with Gasteiger partial charge in [-0.15, -0.1) is 11.3 Å². The van der Waals surface area contributed by atoms with Crippen LogP contribution in [-0.2, 0) is 22.6 Å². The predicted molar refractivity (Wildman–Crippen MR) is 214 cm³/mol. The Morgan fingerprint density at radius 3 is 2.65 bits per heavy atom. The molecule has 3 heterocycles. The number of rotatable bonds is 11. The maximum Gasteiger partial charge on any atom is 0.305 e. The highest BCUT2D eigenvalue weighted by Gasteiger charge is 2.27. The summed E-state index contributed by atoms with van der Waals surface area (Å²) in [5.74, 6) is 0.384. The van der Waals surface area contributed by atoms with E-state index in [-0.39, 0.29) is 35.5 Å². The van der Waals surface area contributed by atoms with Gasteiger partial charge in [-0.1, -0.05) is 65.4 Å². The van der Waals surface area contributed by atoms with Crippen molar-refractivity contribution in [3.8, 4) is 0 Å². The van der Waals surface area contributed by atoms with Crippen molar-refractivity contribution >= 4 is 79.6 Å². The van der Waals surface area contributed by atoms with Crippen LogP contribution in [0.15, 0.2) is 86.6 Å². The van der Waals surface area contributed by atoms with Crippen LogP contribution in [0.1, 0.15) is 77.1 Å². The minimum absolute atomic E-state index is 0. The summed E-state index contributed by atoms with van der Waals surface area (Å²) in [6, 6.07) is 14.7. The Hall–Kier alpha value is -2.64. The zero-order chi connectivity index (χ0) is 35.5. The van der Waals surface area contributed by atoms with Crippen molar-refractivity contribution in [2.75, 3.05) is 18.1 Å². The summed E-state index contributed by atoms with van der Waals surface area (Å²) in [7, 11) is 0. The van der Waals surface area contributed by atoms with Crippen LogP contribution in [0.4, 0.5) is 5.69 Å². The van der Waals surface area contributed by atoms with Gasteiger partial charge >= 0.3 is 5.97 Å². The number of carbonyl (C=O) groups is 1. The molecule has 2 aromatic carbocycles. The molecule has 2 aliphatic carbocycles. The van der Waals surface area contributed by atoms with Gasteiger partial charge in [0.15, 0.2) is 0 Å². The van der Waals surface area contributed by atoms with Crippen molar-refractivity contribution in [3.63, 3.8) is 0 Å². The van der Waals surface area contributed by atoms with Crippen LogP contribution in [0.5, 0.6) is 0 Å². The number of benzene rings is 2. The molecule has 11 heteroatoms. The molecule has 0 N–H and O–H groups in total. The molecule has 52 heavy (non-hydrogen) atoms. The van der Waals surface area contributed by atoms with Crippen LogP contribution >= 0.6 is 46.0 Å². The lowest BCUT2D eigenvalue weighted by Gasteiger charge is -2.28. The Labute approximate surface area is 340 Å². The largest absolute Gasteiger partial charge is 1.00 e. The molecule has 0 saturated carbocycles. The molecule has 0 bridgehead atoms. The van der Waals surface area contributed by atoms with Gasteiger partial charge in [-0.3, -0.25) is 14.2 Å². The minimum atomic E-state index is -0.151. The summed E-state index contributed by atoms with van der Waals surface area (Å²) in [6.45, 7) is 8.96. The number of allylic oxidation sites excluding steroid dienone is 5. The number of thiazole rings is 2. The summed E-state index contributed by atoms with van der Waals surface area (Å²) < 4.78 is 12.4. The van der Waals surface area contributed by atoms with Gasteiger partial charge in [-0.25, -0.2) is 0 Å². The number of ether oxygens (including phenoxy) is 1. The maximum absolute atomic E-state index is 14.3. The van der Waals surface area contributed by atoms with E-state index < -0.39 is 0 Å². The molecule has 0 fully saturated rings. The molecule has 3 aliphatic rings. The van der Waals surface area contributed by atoms with Crippen molar-refractivity contribution < 1.29 is 38.1 Å². The molecule has 0 radical (unpaired) electrons. The first-order valence-electron chi connectivity index (χ1n) is 18.3. The van der Waals surface area contributed by atoms with Crippen molar-refractivity contribution in [2.45, 2.75) is 90.1 Å². The van der Waals surface area contributed by atoms with Gasteiger partial charge in [0.05, 0.1) is 27.9 Å². The molecular formula is C41H45ClIN3O3S3. The number of nitrogens with zero attached hydrogens (tertiary/aromatic N) is 3. The summed E-state index contributed by atoms with van der Waals surface area (Å²) >= 11 is 11.6. The SMILES string of the molecule is CCOC(=O)CCCCCn1c(=O)/c(=C2\C=C3C=C(/C=C4\Sc5ccccc5N4CC)CCC3CC2)s/c1=C\c1sc2ccc(Cl)cc2[n+]1CC.[I-]. The Morgan fingerprint density at radius 2 is 1.85 bits per heavy atom. The first-order chi connectivity index (χ1) is 24.9. The van der Waals surface area contributed by atoms with E-state index >= 15 is 0 Å². The van der Waals surface area contributed by atoms with E-state index in [1.165, 1.54) is 31.5 Å². The number of hydrogen-bond acceptors (Lipinski definition) is 7. The van der Waals surface area contributed by atoms with Crippen LogP contribution in [0, 0.1) is 5.92 Å². The third kappa shape index (κ3) is 8.36. The predicted octanol–water partition coefficient (Wildman–Crippen LogP) is 5.72. The number of carbonyl (C=O) groups excluding carboxylic acids is 1. The lowest BCUT2D eigenvalue weighted by molar-refractivity contribution is -0.665. The van der Waals surface area contributed by atoms with Gasteiger partial charge in [-0.05, 0) is 112 Å². The molecule has 4 aromatic rings. The topological polar surface area (TPSA) is 55.4 Å². The minimum Gasteiger partial charge on any atom is -1.00 e. The molecule has 6 nitrogen and oxygen atoms in total. The van der Waals surface area contributed by atoms with Crippen LogP contribution in [0.3, 0.4) is 0 Å². The highest BCUT2D eigenvalue weighted by Crippen LogP contribution is 2.47. The van der Waals surface area contributed by atoms with Crippen molar-refractivity contribution in [1.29, 1.82) is 0 Å². The monoisotopic (exact) mass is 885 g/mol. The quantitative estimate of drug-likeness (QED) is 0.0836. The molecule has 1 aliphatic heterocycles. The normalized spacial score (nSPS) is 19.0. The van der Waals surface area contributed by atoms with E-state index in [4.69, 9.17) is 16.3 Å². The van der Waals surface area contributed by atoms with Crippen LogP contribution in [0.25, 0.3) is 21.9 Å². The van der Waals surface area contributed by atoms with Gasteiger partial charge in [0.25, 0.3) is 10.6 Å². The number of unbranched alkanes of at least 4 members (excludes halogenated alkanes) is 2. The fourth-order valence-corrected chi connectivity index (χ4v) is 11.2. The smallest absolute Gasteiger partial charge is 0.305 e. The molecule has 2 aromatic heterocycles. The first kappa shape index (κ1) is 39.1. The zero-order valence-electron chi connectivity index (χ0n) is 30.0. The van der Waals surface area contributed by atoms with Gasteiger partial charge in [0.1, 0.15) is 15.9 Å². The second-order valence-corrected chi connectivity index (χ2v) is 16.8. The summed E-state index contributed by atoms with van der Waals surface area (Å²) in [6.07, 6.45) is 16.4. The van der Waals surface area contributed by atoms with Crippen molar-refractivity contribution in [2.24, 2.45) is 5.92 Å². The number of para-hydroxylation sites is 1. The number of thioether (sulfide) groups is 1. The highest BCUT2D eigenvalue weighted by atomic mass is 127. The van der Waals surface area contributed by atoms with E-state index in [9.17, 15) is 9.59 Å². The number of esters is 1. The standard InChI is InChI=1S/C41H45ClN3O3S3.HI/c1-4-43-32-12-9-10-13-34(32)49-36(43)23-27-15-16-28-17-18-29(24-30(28)22-27)40-41(47)45(21-11-7-8-14-39(46)48-6-3)38(51-40)26-37-44(5-2)33-25-31(42)19-20-35(33)50-37;/h9-10,12-13,19-20,22-26,28H,4-8,11,14-18,21H2,1-3H3;1H/q+1;/p-1/b36-23-,40-29+;. The van der Waals surface area contributed by atoms with Crippen LogP contribution in [-0.4, -0.2) is 23.7 Å². The van der Waals surface area contributed by atoms with E-state index in [0.717, 1.165) is 88.4 Å². The number of aromatic nitrogens is 2. The molecule has 0 saturated heterocycles. The first-order valence-corrected chi connectivity index (χ1v) is 21.1. The lowest BCUT2D eigenvalue weighted by Crippen LogP contribution is -3.00. The molecule has 274 valence electrons. The van der Waals surface area contributed by atoms with E-state index in [2.05, 4.69) is 78.0 Å². The molecule has 0 amide bonds. The highest BCUT2D eigenvalue weighted by molar-refractivity contribution is 8.03. The summed E-state index contributed by atoms with van der Waals surface area (Å²) in [5, 5.41) is 3.12. The van der Waals surface area contributed by atoms with Crippen LogP contribution in [0.2, 0.25) is 5.02 Å². The van der Waals surface area contributed by atoms with Gasteiger partial charge in [0, 0.05) is 35.5 Å². The second kappa shape index (κ2) is 17.7. The molecule has 0 spiro atoms. The van der Waals surface area contributed by atoms with E-state index in [1.807, 2.05) is 35.4 Å². The summed E-state index contributed by atoms with van der Waals surface area (Å²) in [4.78, 5) is 29.9. The summed E-state index contributed by atoms with van der Waals surface area (Å²) in [5.41, 5.74) is 6.37. The van der Waals surface area contributed by atoms with E-state index in [1.54, 1.807) is 22.7 Å². The third-order valence-corrected chi connectivity index (χ3v) is 13.6. The molecule has 1 atom stereocenters. The Bertz CT molecular complexity index is 2250. The number of hydrogen-bond donors (Lipinski definition) is 0. The van der Waals surface area contributed by atoms with Gasteiger partial charge in [0.2, 0.25) is 5.52 Å². The fourth-order valence-electron chi connectivity index (χ4n) is 7.43. The number of fused-ring (bicyclic) bond motifs is 3.